The Hall–Kier alpha value is -2.84. The van der Waals surface area contributed by atoms with E-state index >= 15 is 0 Å². The number of carbonyl (C=O) groups is 1. The normalized spacial score (nSPS) is 22.7. The summed E-state index contributed by atoms with van der Waals surface area (Å²) in [5.74, 6) is -2.33. The molecule has 1 saturated heterocycles. The maximum atomic E-state index is 14.7. The number of fused-ring (bicyclic) bond motifs is 3. The number of amides is 1. The van der Waals surface area contributed by atoms with E-state index in [-0.39, 0.29) is 22.6 Å². The van der Waals surface area contributed by atoms with Crippen LogP contribution in [-0.2, 0) is 31.5 Å². The van der Waals surface area contributed by atoms with Crippen LogP contribution in [0.25, 0.3) is 0 Å². The Bertz CT molecular complexity index is 1340. The van der Waals surface area contributed by atoms with Crippen LogP contribution in [0.1, 0.15) is 29.5 Å². The molecule has 2 atom stereocenters. The van der Waals surface area contributed by atoms with E-state index in [1.807, 2.05) is 0 Å². The number of aryl methyl sites for hydroxylation is 1. The van der Waals surface area contributed by atoms with Gasteiger partial charge in [-0.1, -0.05) is 36.4 Å². The van der Waals surface area contributed by atoms with Gasteiger partial charge in [0.15, 0.2) is 9.84 Å². The Morgan fingerprint density at radius 3 is 1.97 bits per heavy atom. The van der Waals surface area contributed by atoms with Gasteiger partial charge in [0.25, 0.3) is 0 Å². The van der Waals surface area contributed by atoms with Crippen molar-refractivity contribution in [2.75, 3.05) is 6.54 Å². The zero-order chi connectivity index (χ0) is 28.5. The fraction of sp³-hybridized carbons (Fsp3) is 0.435. The number of halogens is 10. The van der Waals surface area contributed by atoms with Gasteiger partial charge in [-0.15, -0.1) is 0 Å². The third-order valence-corrected chi connectivity index (χ3v) is 9.65. The highest BCUT2D eigenvalue weighted by Crippen LogP contribution is 2.57. The van der Waals surface area contributed by atoms with Crippen molar-refractivity contribution in [1.29, 1.82) is 0 Å². The summed E-state index contributed by atoms with van der Waals surface area (Å²) in [4.78, 5) is 12.1. The first-order valence-electron chi connectivity index (χ1n) is 10.9. The second-order valence-corrected chi connectivity index (χ2v) is 11.2. The van der Waals surface area contributed by atoms with Crippen molar-refractivity contribution in [1.82, 2.24) is 4.90 Å². The first kappa shape index (κ1) is 28.2. The summed E-state index contributed by atoms with van der Waals surface area (Å²) in [6.45, 7) is -0.700. The highest BCUT2D eigenvalue weighted by Gasteiger charge is 2.74. The monoisotopic (exact) mass is 577 g/mol. The summed E-state index contributed by atoms with van der Waals surface area (Å²) in [7, 11) is -4.69. The molecule has 2 aromatic rings. The lowest BCUT2D eigenvalue weighted by Gasteiger charge is -2.43. The van der Waals surface area contributed by atoms with Crippen molar-refractivity contribution in [3.63, 3.8) is 0 Å². The Kier molecular flexibility index (Phi) is 6.36. The molecular formula is C23H17F10NO3S. The molecule has 1 fully saturated rings. The molecule has 4 rings (SSSR count). The highest BCUT2D eigenvalue weighted by molar-refractivity contribution is 7.92. The lowest BCUT2D eigenvalue weighted by Crippen LogP contribution is -2.54. The molecular weight excluding hydrogens is 560 g/mol. The average Bonchev–Trinajstić information content (AvgIpc) is 3.22. The van der Waals surface area contributed by atoms with Crippen LogP contribution in [0.4, 0.5) is 43.9 Å². The summed E-state index contributed by atoms with van der Waals surface area (Å²) >= 11 is 0. The molecule has 0 radical (unpaired) electrons. The van der Waals surface area contributed by atoms with E-state index in [1.165, 1.54) is 18.2 Å². The standard InChI is InChI=1S/C23H17F10NO3S/c24-20(22(28,29)30,23(31,32)33)14-7-8-16-13(12-14)6-9-17-19(16,10-11-34(17)18(35)21(25,26)27)38(36,37)15-4-2-1-3-5-15/h1-5,7-8,12,17H,6,9-11H2/t17-,19-/m1/s1. The predicted octanol–water partition coefficient (Wildman–Crippen LogP) is 5.75. The van der Waals surface area contributed by atoms with Crippen molar-refractivity contribution < 1.29 is 57.1 Å². The van der Waals surface area contributed by atoms with Gasteiger partial charge in [-0.05, 0) is 42.5 Å². The number of benzene rings is 2. The molecule has 2 aromatic carbocycles. The highest BCUT2D eigenvalue weighted by atomic mass is 32.2. The van der Waals surface area contributed by atoms with Gasteiger partial charge in [-0.2, -0.15) is 39.5 Å². The summed E-state index contributed by atoms with van der Waals surface area (Å²) in [5.41, 5.74) is -8.42. The molecule has 1 heterocycles. The first-order chi connectivity index (χ1) is 17.3. The van der Waals surface area contributed by atoms with Gasteiger partial charge in [-0.3, -0.25) is 4.79 Å². The predicted molar refractivity (Wildman–Crippen MR) is 111 cm³/mol. The van der Waals surface area contributed by atoms with E-state index < -0.39 is 87.7 Å². The van der Waals surface area contributed by atoms with E-state index in [1.54, 1.807) is 0 Å². The molecule has 38 heavy (non-hydrogen) atoms. The van der Waals surface area contributed by atoms with Crippen LogP contribution < -0.4 is 0 Å². The third-order valence-electron chi connectivity index (χ3n) is 7.10. The number of hydrogen-bond acceptors (Lipinski definition) is 3. The van der Waals surface area contributed by atoms with Gasteiger partial charge in [-0.25, -0.2) is 12.8 Å². The first-order valence-corrected chi connectivity index (χ1v) is 12.4. The number of sulfone groups is 1. The average molecular weight is 577 g/mol. The maximum absolute atomic E-state index is 14.7. The van der Waals surface area contributed by atoms with Gasteiger partial charge in [0, 0.05) is 12.1 Å². The van der Waals surface area contributed by atoms with E-state index in [0.29, 0.717) is 11.0 Å². The smallest absolute Gasteiger partial charge is 0.330 e. The quantitative estimate of drug-likeness (QED) is 0.437. The molecule has 0 aromatic heterocycles. The van der Waals surface area contributed by atoms with Crippen LogP contribution in [0.2, 0.25) is 0 Å². The number of alkyl halides is 10. The van der Waals surface area contributed by atoms with Gasteiger partial charge in [0.1, 0.15) is 4.75 Å². The van der Waals surface area contributed by atoms with Crippen LogP contribution in [-0.4, -0.2) is 50.3 Å². The number of nitrogens with zero attached hydrogens (tertiary/aromatic N) is 1. The van der Waals surface area contributed by atoms with Gasteiger partial charge < -0.3 is 4.90 Å². The minimum atomic E-state index is -6.42. The minimum Gasteiger partial charge on any atom is -0.330 e. The fourth-order valence-corrected chi connectivity index (χ4v) is 7.83. The number of rotatable bonds is 3. The molecule has 15 heteroatoms. The molecule has 1 amide bonds. The summed E-state index contributed by atoms with van der Waals surface area (Å²) in [5, 5.41) is 0. The zero-order valence-corrected chi connectivity index (χ0v) is 19.7. The van der Waals surface area contributed by atoms with Crippen LogP contribution in [0, 0.1) is 0 Å². The summed E-state index contributed by atoms with van der Waals surface area (Å²) < 4.78 is 160. The fourth-order valence-electron chi connectivity index (χ4n) is 5.45. The molecule has 1 aliphatic heterocycles. The van der Waals surface area contributed by atoms with E-state index in [0.717, 1.165) is 12.1 Å². The molecule has 0 bridgehead atoms. The lowest BCUT2D eigenvalue weighted by molar-refractivity contribution is -0.348. The zero-order valence-electron chi connectivity index (χ0n) is 18.9. The molecule has 0 N–H and O–H groups in total. The molecule has 1 aliphatic carbocycles. The van der Waals surface area contributed by atoms with E-state index in [4.69, 9.17) is 0 Å². The summed E-state index contributed by atoms with van der Waals surface area (Å²) in [6, 6.07) is 5.63. The van der Waals surface area contributed by atoms with Crippen molar-refractivity contribution in [3.8, 4) is 0 Å². The third kappa shape index (κ3) is 3.87. The van der Waals surface area contributed by atoms with Crippen molar-refractivity contribution in [3.05, 3.63) is 65.2 Å². The Morgan fingerprint density at radius 1 is 0.868 bits per heavy atom. The SMILES string of the molecule is O=C(N1CC[C@@]2(S(=O)(=O)c3ccccc3)c3ccc(C(F)(C(F)(F)F)C(F)(F)F)cc3CC[C@@H]12)C(F)(F)F. The van der Waals surface area contributed by atoms with Crippen LogP contribution in [0.3, 0.4) is 0 Å². The summed E-state index contributed by atoms with van der Waals surface area (Å²) in [6.07, 6.45) is -19.9. The molecule has 0 unspecified atom stereocenters. The molecule has 0 saturated carbocycles. The molecule has 208 valence electrons. The van der Waals surface area contributed by atoms with Crippen LogP contribution >= 0.6 is 0 Å². The van der Waals surface area contributed by atoms with Gasteiger partial charge in [0.2, 0.25) is 0 Å². The van der Waals surface area contributed by atoms with Gasteiger partial charge >= 0.3 is 30.1 Å². The second-order valence-electron chi connectivity index (χ2n) is 9.03. The van der Waals surface area contributed by atoms with E-state index in [9.17, 15) is 57.1 Å². The molecule has 2 aliphatic rings. The Balaban J connectivity index is 1.97. The maximum Gasteiger partial charge on any atom is 0.471 e. The van der Waals surface area contributed by atoms with Crippen molar-refractivity contribution in [2.24, 2.45) is 0 Å². The molecule has 0 spiro atoms. The largest absolute Gasteiger partial charge is 0.471 e. The van der Waals surface area contributed by atoms with Crippen LogP contribution in [0.15, 0.2) is 53.4 Å². The van der Waals surface area contributed by atoms with Crippen molar-refractivity contribution in [2.45, 2.75) is 59.1 Å². The number of likely N-dealkylation sites (tertiary alicyclic amines) is 1. The number of carbonyl (C=O) groups excluding carboxylic acids is 1. The Morgan fingerprint density at radius 2 is 1.45 bits per heavy atom. The minimum absolute atomic E-state index is 0.138. The van der Waals surface area contributed by atoms with Crippen LogP contribution in [0.5, 0.6) is 0 Å². The van der Waals surface area contributed by atoms with Gasteiger partial charge in [0.05, 0.1) is 10.9 Å². The van der Waals surface area contributed by atoms with E-state index in [2.05, 4.69) is 0 Å². The number of hydrogen-bond donors (Lipinski definition) is 0. The second kappa shape index (κ2) is 8.58. The Labute approximate surface area is 209 Å². The van der Waals surface area contributed by atoms with Crippen molar-refractivity contribution >= 4 is 15.7 Å². The lowest BCUT2D eigenvalue weighted by atomic mass is 9.76. The molecule has 4 nitrogen and oxygen atoms in total. The topological polar surface area (TPSA) is 54.5 Å².